The molecule has 0 saturated heterocycles. The van der Waals surface area contributed by atoms with Crippen molar-refractivity contribution in [1.82, 2.24) is 5.32 Å². The molecule has 0 aromatic carbocycles. The molecule has 0 saturated carbocycles. The van der Waals surface area contributed by atoms with Gasteiger partial charge in [0.25, 0.3) is 0 Å². The van der Waals surface area contributed by atoms with Gasteiger partial charge in [-0.1, -0.05) is 12.2 Å². The molecule has 1 unspecified atom stereocenters. The molecule has 1 aliphatic rings. The molecule has 17 heavy (non-hydrogen) atoms. The first kappa shape index (κ1) is 12.4. The van der Waals surface area contributed by atoms with Crippen LogP contribution in [0.4, 0.5) is 0 Å². The van der Waals surface area contributed by atoms with Crippen molar-refractivity contribution in [2.75, 3.05) is 6.54 Å². The molecule has 92 valence electrons. The lowest BCUT2D eigenvalue weighted by Crippen LogP contribution is -2.31. The Hall–Kier alpha value is -1.09. The van der Waals surface area contributed by atoms with Crippen molar-refractivity contribution in [2.24, 2.45) is 0 Å². The molecule has 2 rings (SSSR count). The molecule has 1 aromatic rings. The summed E-state index contributed by atoms with van der Waals surface area (Å²) < 4.78 is 0. The molecule has 1 aromatic heterocycles. The summed E-state index contributed by atoms with van der Waals surface area (Å²) in [6.45, 7) is 2.75. The van der Waals surface area contributed by atoms with Crippen LogP contribution in [-0.4, -0.2) is 12.5 Å². The van der Waals surface area contributed by atoms with Crippen molar-refractivity contribution in [3.63, 3.8) is 0 Å². The summed E-state index contributed by atoms with van der Waals surface area (Å²) in [5, 5.41) is 5.14. The Morgan fingerprint density at radius 3 is 3.35 bits per heavy atom. The van der Waals surface area contributed by atoms with E-state index in [9.17, 15) is 4.79 Å². The molecule has 1 N–H and O–H groups in total. The lowest BCUT2D eigenvalue weighted by molar-refractivity contribution is -0.122. The number of allylic oxidation sites excluding steroid dienone is 1. The number of carbonyl (C=O) groups excluding carboxylic acids is 1. The van der Waals surface area contributed by atoms with Crippen LogP contribution in [0.25, 0.3) is 0 Å². The molecule has 2 nitrogen and oxygen atoms in total. The highest BCUT2D eigenvalue weighted by atomic mass is 32.1. The molecular weight excluding hydrogens is 230 g/mol. The van der Waals surface area contributed by atoms with Crippen LogP contribution in [0, 0.1) is 0 Å². The van der Waals surface area contributed by atoms with E-state index in [0.717, 1.165) is 32.2 Å². The highest BCUT2D eigenvalue weighted by molar-refractivity contribution is 7.10. The van der Waals surface area contributed by atoms with Crippen LogP contribution in [0.15, 0.2) is 23.6 Å². The van der Waals surface area contributed by atoms with Gasteiger partial charge >= 0.3 is 0 Å². The van der Waals surface area contributed by atoms with Gasteiger partial charge in [-0.05, 0) is 49.6 Å². The summed E-state index contributed by atoms with van der Waals surface area (Å²) in [6.07, 6.45) is 8.31. The van der Waals surface area contributed by atoms with Gasteiger partial charge in [-0.3, -0.25) is 4.79 Å². The van der Waals surface area contributed by atoms with E-state index >= 15 is 0 Å². The molecule has 1 atom stereocenters. The third-order valence-corrected chi connectivity index (χ3v) is 4.21. The highest BCUT2D eigenvalue weighted by Gasteiger charge is 2.26. The Kier molecular flexibility index (Phi) is 4.37. The third kappa shape index (κ3) is 2.97. The molecule has 0 bridgehead atoms. The fourth-order valence-electron chi connectivity index (χ4n) is 2.33. The first-order chi connectivity index (χ1) is 8.33. The minimum Gasteiger partial charge on any atom is -0.355 e. The summed E-state index contributed by atoms with van der Waals surface area (Å²) in [5.41, 5.74) is 1.27. The van der Waals surface area contributed by atoms with Crippen molar-refractivity contribution in [3.8, 4) is 0 Å². The van der Waals surface area contributed by atoms with E-state index in [4.69, 9.17) is 0 Å². The van der Waals surface area contributed by atoms with Gasteiger partial charge in [-0.25, -0.2) is 0 Å². The summed E-state index contributed by atoms with van der Waals surface area (Å²) >= 11 is 1.79. The van der Waals surface area contributed by atoms with Crippen LogP contribution in [0.5, 0.6) is 0 Å². The Balaban J connectivity index is 1.93. The molecular formula is C14H19NOS. The van der Waals surface area contributed by atoms with Gasteiger partial charge in [-0.15, -0.1) is 11.3 Å². The van der Waals surface area contributed by atoms with Crippen molar-refractivity contribution in [3.05, 3.63) is 34.0 Å². The maximum Gasteiger partial charge on any atom is 0.227 e. The van der Waals surface area contributed by atoms with E-state index in [-0.39, 0.29) is 11.8 Å². The number of fused-ring (bicyclic) bond motifs is 1. The van der Waals surface area contributed by atoms with Gasteiger partial charge in [0.15, 0.2) is 0 Å². The molecule has 0 fully saturated rings. The van der Waals surface area contributed by atoms with E-state index < -0.39 is 0 Å². The minimum absolute atomic E-state index is 0.0932. The predicted octanol–water partition coefficient (Wildman–Crippen LogP) is 3.25. The summed E-state index contributed by atoms with van der Waals surface area (Å²) in [7, 11) is 0. The van der Waals surface area contributed by atoms with Gasteiger partial charge in [0.1, 0.15) is 0 Å². The van der Waals surface area contributed by atoms with Crippen LogP contribution in [0.3, 0.4) is 0 Å². The van der Waals surface area contributed by atoms with E-state index in [1.807, 2.05) is 13.0 Å². The largest absolute Gasteiger partial charge is 0.355 e. The zero-order chi connectivity index (χ0) is 12.1. The lowest BCUT2D eigenvalue weighted by Gasteiger charge is -2.21. The van der Waals surface area contributed by atoms with Crippen molar-refractivity contribution >= 4 is 17.2 Å². The molecule has 0 aliphatic heterocycles. The highest BCUT2D eigenvalue weighted by Crippen LogP contribution is 2.34. The Labute approximate surface area is 107 Å². The number of nitrogens with one attached hydrogen (secondary N) is 1. The second-order valence-electron chi connectivity index (χ2n) is 4.39. The predicted molar refractivity (Wildman–Crippen MR) is 72.4 cm³/mol. The lowest BCUT2D eigenvalue weighted by atomic mass is 9.87. The Morgan fingerprint density at radius 2 is 2.53 bits per heavy atom. The zero-order valence-electron chi connectivity index (χ0n) is 10.2. The van der Waals surface area contributed by atoms with Crippen LogP contribution in [0.2, 0.25) is 0 Å². The molecule has 3 heteroatoms. The van der Waals surface area contributed by atoms with Crippen LogP contribution < -0.4 is 5.32 Å². The van der Waals surface area contributed by atoms with Gasteiger partial charge in [0.05, 0.1) is 5.92 Å². The summed E-state index contributed by atoms with van der Waals surface area (Å²) in [6, 6.07) is 2.12. The number of thiophene rings is 1. The molecule has 0 radical (unpaired) electrons. The first-order valence-electron chi connectivity index (χ1n) is 6.28. The van der Waals surface area contributed by atoms with Crippen molar-refractivity contribution in [2.45, 2.75) is 38.5 Å². The minimum atomic E-state index is 0.0932. The molecule has 1 heterocycles. The maximum atomic E-state index is 12.1. The first-order valence-corrected chi connectivity index (χ1v) is 7.16. The van der Waals surface area contributed by atoms with Gasteiger partial charge in [-0.2, -0.15) is 0 Å². The van der Waals surface area contributed by atoms with E-state index in [2.05, 4.69) is 22.8 Å². The quantitative estimate of drug-likeness (QED) is 0.644. The smallest absolute Gasteiger partial charge is 0.227 e. The molecule has 1 amide bonds. The van der Waals surface area contributed by atoms with Crippen molar-refractivity contribution in [1.29, 1.82) is 0 Å². The maximum absolute atomic E-state index is 12.1. The fraction of sp³-hybridized carbons (Fsp3) is 0.500. The number of hydrogen-bond donors (Lipinski definition) is 1. The average Bonchev–Trinajstić information content (AvgIpc) is 2.82. The van der Waals surface area contributed by atoms with Crippen LogP contribution >= 0.6 is 11.3 Å². The SMILES string of the molecule is C/C=C/CCNC(=O)C1CCCc2sccc21. The second kappa shape index (κ2) is 6.01. The average molecular weight is 249 g/mol. The Bertz CT molecular complexity index is 408. The van der Waals surface area contributed by atoms with Crippen LogP contribution in [0.1, 0.15) is 42.5 Å². The monoisotopic (exact) mass is 249 g/mol. The topological polar surface area (TPSA) is 29.1 Å². The van der Waals surface area contributed by atoms with Gasteiger partial charge < -0.3 is 5.32 Å². The molecule has 1 aliphatic carbocycles. The summed E-state index contributed by atoms with van der Waals surface area (Å²) in [4.78, 5) is 13.5. The van der Waals surface area contributed by atoms with E-state index in [0.29, 0.717) is 0 Å². The number of aryl methyl sites for hydroxylation is 1. The second-order valence-corrected chi connectivity index (χ2v) is 5.39. The summed E-state index contributed by atoms with van der Waals surface area (Å²) in [5.74, 6) is 0.296. The van der Waals surface area contributed by atoms with Crippen molar-refractivity contribution < 1.29 is 4.79 Å². The number of hydrogen-bond acceptors (Lipinski definition) is 2. The molecule has 0 spiro atoms. The Morgan fingerprint density at radius 1 is 1.65 bits per heavy atom. The normalized spacial score (nSPS) is 19.2. The number of rotatable bonds is 4. The number of amides is 1. The van der Waals surface area contributed by atoms with Crippen LogP contribution in [-0.2, 0) is 11.2 Å². The van der Waals surface area contributed by atoms with E-state index in [1.54, 1.807) is 11.3 Å². The third-order valence-electron chi connectivity index (χ3n) is 3.21. The van der Waals surface area contributed by atoms with E-state index in [1.165, 1.54) is 10.4 Å². The fourth-order valence-corrected chi connectivity index (χ4v) is 3.31. The standard InChI is InChI=1S/C14H19NOS/c1-2-3-4-9-15-14(16)12-6-5-7-13-11(12)8-10-17-13/h2-3,8,10,12H,4-7,9H2,1H3,(H,15,16)/b3-2+. The number of carbonyl (C=O) groups is 1. The van der Waals surface area contributed by atoms with Gasteiger partial charge in [0.2, 0.25) is 5.91 Å². The van der Waals surface area contributed by atoms with Gasteiger partial charge in [0, 0.05) is 11.4 Å². The zero-order valence-corrected chi connectivity index (χ0v) is 11.1.